The first-order valence-electron chi connectivity index (χ1n) is 2.88. The molecule has 0 aromatic heterocycles. The zero-order valence-corrected chi connectivity index (χ0v) is 8.11. The Hall–Kier alpha value is 1.09. The molecule has 0 aliphatic rings. The van der Waals surface area contributed by atoms with Crippen molar-refractivity contribution in [3.05, 3.63) is 0 Å². The highest BCUT2D eigenvalue weighted by molar-refractivity contribution is 7.03. The van der Waals surface area contributed by atoms with Gasteiger partial charge in [-0.15, -0.1) is 0 Å². The summed E-state index contributed by atoms with van der Waals surface area (Å²) in [7, 11) is -1.92. The second kappa shape index (κ2) is 2.37. The van der Waals surface area contributed by atoms with E-state index in [9.17, 15) is 0 Å². The van der Waals surface area contributed by atoms with E-state index in [2.05, 4.69) is 0 Å². The average molecular weight is 193 g/mol. The SMILES string of the molecule is [2H]C[Si](C)(C)C(Cl)(Cl)Cl. The third-order valence-electron chi connectivity index (χ3n) is 0.767. The highest BCUT2D eigenvalue weighted by Crippen LogP contribution is 2.36. The Bertz CT molecular complexity index is 98.5. The molecule has 0 radical (unpaired) electrons. The van der Waals surface area contributed by atoms with E-state index in [4.69, 9.17) is 36.2 Å². The van der Waals surface area contributed by atoms with Crippen LogP contribution in [0.5, 0.6) is 0 Å². The van der Waals surface area contributed by atoms with E-state index in [1.165, 1.54) is 0 Å². The standard InChI is InChI=1S/C4H9Cl3Si/c1-8(2,3)4(5,6)7/h1-3H3/i1D. The first-order chi connectivity index (χ1) is 3.81. The average Bonchev–Trinajstić information content (AvgIpc) is 1.64. The molecule has 0 rings (SSSR count). The smallest absolute Gasteiger partial charge is 0.0883 e. The van der Waals surface area contributed by atoms with Crippen LogP contribution in [0.25, 0.3) is 0 Å². The van der Waals surface area contributed by atoms with Gasteiger partial charge in [0.15, 0.2) is 3.42 Å². The Morgan fingerprint density at radius 3 is 1.75 bits per heavy atom. The van der Waals surface area contributed by atoms with Gasteiger partial charge in [-0.1, -0.05) is 54.4 Å². The van der Waals surface area contributed by atoms with Crippen LogP contribution in [0.1, 0.15) is 1.37 Å². The van der Waals surface area contributed by atoms with Crippen molar-refractivity contribution in [1.82, 2.24) is 0 Å². The van der Waals surface area contributed by atoms with Crippen molar-refractivity contribution in [2.75, 3.05) is 0 Å². The number of hydrogen-bond donors (Lipinski definition) is 0. The molecule has 0 N–H and O–H groups in total. The van der Waals surface area contributed by atoms with Gasteiger partial charge in [0.25, 0.3) is 0 Å². The second-order valence-electron chi connectivity index (χ2n) is 2.38. The Kier molecular flexibility index (Phi) is 2.13. The normalized spacial score (nSPS) is 15.9. The van der Waals surface area contributed by atoms with Crippen molar-refractivity contribution in [3.8, 4) is 0 Å². The molecule has 0 bridgehead atoms. The van der Waals surface area contributed by atoms with Crippen LogP contribution in [0, 0.1) is 0 Å². The van der Waals surface area contributed by atoms with Gasteiger partial charge < -0.3 is 0 Å². The van der Waals surface area contributed by atoms with Crippen LogP contribution in [-0.4, -0.2) is 11.5 Å². The molecule has 0 fully saturated rings. The van der Waals surface area contributed by atoms with Gasteiger partial charge in [0.05, 0.1) is 0 Å². The van der Waals surface area contributed by atoms with Crippen LogP contribution in [0.3, 0.4) is 0 Å². The molecule has 0 atom stereocenters. The van der Waals surface area contributed by atoms with E-state index < -0.39 is 11.5 Å². The summed E-state index contributed by atoms with van der Waals surface area (Å²) in [6, 6.07) is 0. The lowest BCUT2D eigenvalue weighted by Gasteiger charge is -2.24. The van der Waals surface area contributed by atoms with Crippen LogP contribution < -0.4 is 0 Å². The fourth-order valence-corrected chi connectivity index (χ4v) is 0. The lowest BCUT2D eigenvalue weighted by Crippen LogP contribution is -2.38. The molecule has 0 saturated heterocycles. The van der Waals surface area contributed by atoms with Crippen molar-refractivity contribution in [3.63, 3.8) is 0 Å². The van der Waals surface area contributed by atoms with Gasteiger partial charge in [-0.25, -0.2) is 0 Å². The summed E-state index contributed by atoms with van der Waals surface area (Å²) in [6.45, 7) is 4.02. The Balaban J connectivity index is 4.14. The van der Waals surface area contributed by atoms with Crippen LogP contribution in [0.15, 0.2) is 0 Å². The number of halogens is 3. The van der Waals surface area contributed by atoms with Gasteiger partial charge in [-0.3, -0.25) is 0 Å². The Morgan fingerprint density at radius 2 is 1.75 bits per heavy atom. The van der Waals surface area contributed by atoms with Crippen molar-refractivity contribution >= 4 is 42.9 Å². The minimum absolute atomic E-state index is 0.253. The summed E-state index contributed by atoms with van der Waals surface area (Å²) >= 11 is 16.8. The highest BCUT2D eigenvalue weighted by atomic mass is 35.6. The van der Waals surface area contributed by atoms with Gasteiger partial charge in [-0.2, -0.15) is 0 Å². The Morgan fingerprint density at radius 1 is 1.38 bits per heavy atom. The maximum absolute atomic E-state index is 7.07. The molecule has 8 heavy (non-hydrogen) atoms. The first-order valence-corrected chi connectivity index (χ1v) is 6.51. The monoisotopic (exact) mass is 191 g/mol. The zero-order chi connectivity index (χ0) is 7.71. The lowest BCUT2D eigenvalue weighted by atomic mass is 11.7. The van der Waals surface area contributed by atoms with Crippen molar-refractivity contribution in [2.45, 2.75) is 23.0 Å². The number of rotatable bonds is 0. The van der Waals surface area contributed by atoms with E-state index in [1.807, 2.05) is 13.1 Å². The molecule has 0 aromatic rings. The molecule has 0 unspecified atom stereocenters. The van der Waals surface area contributed by atoms with Crippen LogP contribution in [0.2, 0.25) is 19.6 Å². The fraction of sp³-hybridized carbons (Fsp3) is 1.00. The van der Waals surface area contributed by atoms with Gasteiger partial charge >= 0.3 is 0 Å². The van der Waals surface area contributed by atoms with Gasteiger partial charge in [0.1, 0.15) is 8.07 Å². The third-order valence-corrected chi connectivity index (χ3v) is 6.91. The van der Waals surface area contributed by atoms with Crippen LogP contribution in [-0.2, 0) is 0 Å². The molecule has 0 nitrogen and oxygen atoms in total. The summed E-state index contributed by atoms with van der Waals surface area (Å²) in [5, 5.41) is 0. The molecule has 0 aliphatic carbocycles. The lowest BCUT2D eigenvalue weighted by molar-refractivity contribution is 1.49. The summed E-state index contributed by atoms with van der Waals surface area (Å²) in [5.41, 5.74) is 0. The summed E-state index contributed by atoms with van der Waals surface area (Å²) < 4.78 is 5.88. The van der Waals surface area contributed by atoms with E-state index in [0.717, 1.165) is 0 Å². The molecule has 0 heterocycles. The topological polar surface area (TPSA) is 0 Å². The zero-order valence-electron chi connectivity index (χ0n) is 5.84. The molecule has 50 valence electrons. The maximum atomic E-state index is 7.07. The molecular weight excluding hydrogens is 182 g/mol. The van der Waals surface area contributed by atoms with Crippen LogP contribution in [0.4, 0.5) is 0 Å². The number of hydrogen-bond acceptors (Lipinski definition) is 0. The Labute approximate surface area is 67.5 Å². The van der Waals surface area contributed by atoms with Gasteiger partial charge in [0, 0.05) is 1.37 Å². The van der Waals surface area contributed by atoms with E-state index in [1.54, 1.807) is 0 Å². The minimum Gasteiger partial charge on any atom is -0.0883 e. The van der Waals surface area contributed by atoms with Crippen molar-refractivity contribution in [2.24, 2.45) is 0 Å². The number of alkyl halides is 3. The molecule has 0 saturated carbocycles. The predicted molar refractivity (Wildman–Crippen MR) is 43.6 cm³/mol. The maximum Gasteiger partial charge on any atom is 0.175 e. The summed E-state index contributed by atoms with van der Waals surface area (Å²) in [6.07, 6.45) is 0. The van der Waals surface area contributed by atoms with Gasteiger partial charge in [0.2, 0.25) is 0 Å². The third kappa shape index (κ3) is 2.58. The molecule has 0 aromatic carbocycles. The van der Waals surface area contributed by atoms with E-state index >= 15 is 0 Å². The van der Waals surface area contributed by atoms with Crippen molar-refractivity contribution < 1.29 is 1.37 Å². The molecule has 0 amide bonds. The summed E-state index contributed by atoms with van der Waals surface area (Å²) in [4.78, 5) is 0. The largest absolute Gasteiger partial charge is 0.175 e. The predicted octanol–water partition coefficient (Wildman–Crippen LogP) is 3.23. The summed E-state index contributed by atoms with van der Waals surface area (Å²) in [5.74, 6) is 0. The van der Waals surface area contributed by atoms with Crippen LogP contribution >= 0.6 is 34.8 Å². The fourth-order valence-electron chi connectivity index (χ4n) is 0. The minimum atomic E-state index is -1.92. The first kappa shape index (κ1) is 7.20. The molecule has 0 aliphatic heterocycles. The van der Waals surface area contributed by atoms with Gasteiger partial charge in [-0.05, 0) is 0 Å². The van der Waals surface area contributed by atoms with Crippen molar-refractivity contribution in [1.29, 1.82) is 0 Å². The second-order valence-corrected chi connectivity index (χ2v) is 10.1. The quantitative estimate of drug-likeness (QED) is 0.408. The molecule has 4 heteroatoms. The van der Waals surface area contributed by atoms with E-state index in [0.29, 0.717) is 0 Å². The molecular formula is C4H9Cl3Si. The molecule has 0 spiro atoms. The van der Waals surface area contributed by atoms with E-state index in [-0.39, 0.29) is 6.52 Å². The highest BCUT2D eigenvalue weighted by Gasteiger charge is 2.37.